The van der Waals surface area contributed by atoms with Crippen LogP contribution in [-0.4, -0.2) is 44.1 Å². The van der Waals surface area contributed by atoms with Crippen molar-refractivity contribution >= 4 is 23.1 Å². The number of hydrogen-bond donors (Lipinski definition) is 1. The summed E-state index contributed by atoms with van der Waals surface area (Å²) in [5, 5.41) is 3.16. The zero-order chi connectivity index (χ0) is 21.0. The van der Waals surface area contributed by atoms with Crippen LogP contribution in [0.5, 0.6) is 5.75 Å². The highest BCUT2D eigenvalue weighted by atomic mass is 16.5. The number of imide groups is 1. The van der Waals surface area contributed by atoms with Crippen LogP contribution >= 0.6 is 0 Å². The predicted molar refractivity (Wildman–Crippen MR) is 113 cm³/mol. The van der Waals surface area contributed by atoms with Gasteiger partial charge in [0.15, 0.2) is 0 Å². The Bertz CT molecular complexity index is 965. The molecule has 6 heteroatoms. The van der Waals surface area contributed by atoms with Gasteiger partial charge in [-0.1, -0.05) is 29.8 Å². The molecule has 152 valence electrons. The summed E-state index contributed by atoms with van der Waals surface area (Å²) in [5.41, 5.74) is 4.17. The molecule has 0 unspecified atom stereocenters. The van der Waals surface area contributed by atoms with E-state index in [1.54, 1.807) is 20.3 Å². The van der Waals surface area contributed by atoms with Crippen LogP contribution in [0.2, 0.25) is 0 Å². The van der Waals surface area contributed by atoms with Crippen LogP contribution in [-0.2, 0) is 14.3 Å². The van der Waals surface area contributed by atoms with Crippen LogP contribution in [0.3, 0.4) is 0 Å². The van der Waals surface area contributed by atoms with E-state index in [9.17, 15) is 9.59 Å². The van der Waals surface area contributed by atoms with E-state index in [0.29, 0.717) is 36.6 Å². The number of methoxy groups -OCH3 is 2. The van der Waals surface area contributed by atoms with Crippen molar-refractivity contribution in [3.05, 3.63) is 64.9 Å². The SMILES string of the molecule is COCCCN1C(=O)C(Nc2cccc(OC)c2)=C(c2ccc(C)cc2C)C1=O. The van der Waals surface area contributed by atoms with Gasteiger partial charge in [0.1, 0.15) is 11.4 Å². The maximum absolute atomic E-state index is 13.2. The lowest BCUT2D eigenvalue weighted by Gasteiger charge is -2.15. The summed E-state index contributed by atoms with van der Waals surface area (Å²) in [6.07, 6.45) is 0.584. The molecule has 29 heavy (non-hydrogen) atoms. The van der Waals surface area contributed by atoms with Gasteiger partial charge in [-0.25, -0.2) is 0 Å². The normalized spacial score (nSPS) is 14.0. The first-order valence-corrected chi connectivity index (χ1v) is 9.54. The first kappa shape index (κ1) is 20.6. The number of aryl methyl sites for hydroxylation is 2. The van der Waals surface area contributed by atoms with Crippen molar-refractivity contribution in [3.8, 4) is 5.75 Å². The Kier molecular flexibility index (Phi) is 6.34. The van der Waals surface area contributed by atoms with Gasteiger partial charge in [0.25, 0.3) is 11.8 Å². The molecule has 0 spiro atoms. The average Bonchev–Trinajstić information content (AvgIpc) is 2.93. The minimum absolute atomic E-state index is 0.285. The highest BCUT2D eigenvalue weighted by Gasteiger charge is 2.39. The van der Waals surface area contributed by atoms with Gasteiger partial charge < -0.3 is 14.8 Å². The molecule has 0 aliphatic carbocycles. The van der Waals surface area contributed by atoms with E-state index in [1.807, 2.05) is 50.2 Å². The summed E-state index contributed by atoms with van der Waals surface area (Å²) in [6, 6.07) is 13.1. The van der Waals surface area contributed by atoms with Gasteiger partial charge in [0.2, 0.25) is 0 Å². The van der Waals surface area contributed by atoms with E-state index in [-0.39, 0.29) is 17.5 Å². The summed E-state index contributed by atoms with van der Waals surface area (Å²) >= 11 is 0. The van der Waals surface area contributed by atoms with Crippen LogP contribution in [0, 0.1) is 13.8 Å². The molecule has 0 aromatic heterocycles. The zero-order valence-electron chi connectivity index (χ0n) is 17.2. The molecule has 0 bridgehead atoms. The fourth-order valence-corrected chi connectivity index (χ4v) is 3.45. The number of benzene rings is 2. The van der Waals surface area contributed by atoms with Crippen molar-refractivity contribution in [2.24, 2.45) is 0 Å². The maximum atomic E-state index is 13.2. The Labute approximate surface area is 171 Å². The molecular formula is C23H26N2O4. The van der Waals surface area contributed by atoms with Crippen LogP contribution in [0.4, 0.5) is 5.69 Å². The molecule has 6 nitrogen and oxygen atoms in total. The lowest BCUT2D eigenvalue weighted by atomic mass is 9.97. The maximum Gasteiger partial charge on any atom is 0.278 e. The van der Waals surface area contributed by atoms with E-state index in [0.717, 1.165) is 16.7 Å². The second-order valence-electron chi connectivity index (χ2n) is 7.03. The number of nitrogens with one attached hydrogen (secondary N) is 1. The second kappa shape index (κ2) is 8.92. The molecule has 0 fully saturated rings. The lowest BCUT2D eigenvalue weighted by molar-refractivity contribution is -0.137. The molecule has 2 amide bonds. The van der Waals surface area contributed by atoms with Crippen molar-refractivity contribution in [1.82, 2.24) is 4.90 Å². The molecule has 0 saturated carbocycles. The fraction of sp³-hybridized carbons (Fsp3) is 0.304. The number of anilines is 1. The number of ether oxygens (including phenoxy) is 2. The van der Waals surface area contributed by atoms with E-state index in [4.69, 9.17) is 9.47 Å². The van der Waals surface area contributed by atoms with Gasteiger partial charge >= 0.3 is 0 Å². The van der Waals surface area contributed by atoms with Crippen molar-refractivity contribution < 1.29 is 19.1 Å². The van der Waals surface area contributed by atoms with Gasteiger partial charge in [-0.05, 0) is 43.5 Å². The number of carbonyl (C=O) groups excluding carboxylic acids is 2. The summed E-state index contributed by atoms with van der Waals surface area (Å²) in [7, 11) is 3.18. The molecule has 1 aliphatic rings. The third-order valence-corrected chi connectivity index (χ3v) is 4.89. The molecule has 0 saturated heterocycles. The number of hydrogen-bond acceptors (Lipinski definition) is 5. The van der Waals surface area contributed by atoms with Crippen molar-refractivity contribution in [2.75, 3.05) is 32.7 Å². The second-order valence-corrected chi connectivity index (χ2v) is 7.03. The van der Waals surface area contributed by atoms with E-state index in [1.165, 1.54) is 4.90 Å². The molecule has 1 N–H and O–H groups in total. The Balaban J connectivity index is 2.04. The summed E-state index contributed by atoms with van der Waals surface area (Å²) < 4.78 is 10.3. The third-order valence-electron chi connectivity index (χ3n) is 4.89. The standard InChI is InChI=1S/C23H26N2O4/c1-15-9-10-19(16(2)13-15)20-21(24-17-7-5-8-18(14-17)29-4)23(27)25(22(20)26)11-6-12-28-3/h5,7-10,13-14,24H,6,11-12H2,1-4H3. The largest absolute Gasteiger partial charge is 0.497 e. The Morgan fingerprint density at radius 2 is 1.79 bits per heavy atom. The van der Waals surface area contributed by atoms with E-state index < -0.39 is 0 Å². The van der Waals surface area contributed by atoms with Crippen molar-refractivity contribution in [2.45, 2.75) is 20.3 Å². The van der Waals surface area contributed by atoms with Crippen LogP contribution in [0.15, 0.2) is 48.2 Å². The topological polar surface area (TPSA) is 67.9 Å². The van der Waals surface area contributed by atoms with Gasteiger partial charge in [-0.15, -0.1) is 0 Å². The first-order chi connectivity index (χ1) is 14.0. The lowest BCUT2D eigenvalue weighted by Crippen LogP contribution is -2.34. The van der Waals surface area contributed by atoms with Gasteiger partial charge in [0.05, 0.1) is 12.7 Å². The van der Waals surface area contributed by atoms with Crippen molar-refractivity contribution in [1.29, 1.82) is 0 Å². The summed E-state index contributed by atoms with van der Waals surface area (Å²) in [6.45, 7) is 4.74. The monoisotopic (exact) mass is 394 g/mol. The molecule has 1 aliphatic heterocycles. The highest BCUT2D eigenvalue weighted by molar-refractivity contribution is 6.36. The number of nitrogens with zero attached hydrogens (tertiary/aromatic N) is 1. The molecule has 1 heterocycles. The van der Waals surface area contributed by atoms with E-state index >= 15 is 0 Å². The van der Waals surface area contributed by atoms with Gasteiger partial charge in [0, 0.05) is 32.0 Å². The number of amides is 2. The fourth-order valence-electron chi connectivity index (χ4n) is 3.45. The van der Waals surface area contributed by atoms with Crippen LogP contribution in [0.1, 0.15) is 23.1 Å². The van der Waals surface area contributed by atoms with Gasteiger partial charge in [-0.2, -0.15) is 0 Å². The van der Waals surface area contributed by atoms with E-state index in [2.05, 4.69) is 5.32 Å². The number of rotatable bonds is 8. The average molecular weight is 394 g/mol. The minimum atomic E-state index is -0.330. The summed E-state index contributed by atoms with van der Waals surface area (Å²) in [5.74, 6) is 0.0461. The first-order valence-electron chi connectivity index (χ1n) is 9.54. The molecule has 2 aromatic rings. The molecular weight excluding hydrogens is 368 g/mol. The minimum Gasteiger partial charge on any atom is -0.497 e. The van der Waals surface area contributed by atoms with Crippen molar-refractivity contribution in [3.63, 3.8) is 0 Å². The molecule has 2 aromatic carbocycles. The molecule has 3 rings (SSSR count). The van der Waals surface area contributed by atoms with Gasteiger partial charge in [-0.3, -0.25) is 14.5 Å². The van der Waals surface area contributed by atoms with Crippen LogP contribution in [0.25, 0.3) is 5.57 Å². The molecule has 0 radical (unpaired) electrons. The number of carbonyl (C=O) groups is 2. The highest BCUT2D eigenvalue weighted by Crippen LogP contribution is 2.33. The molecule has 0 atom stereocenters. The third kappa shape index (κ3) is 4.32. The zero-order valence-corrected chi connectivity index (χ0v) is 17.2. The van der Waals surface area contributed by atoms with Crippen LogP contribution < -0.4 is 10.1 Å². The Hall–Kier alpha value is -3.12. The smallest absolute Gasteiger partial charge is 0.278 e. The summed E-state index contributed by atoms with van der Waals surface area (Å²) in [4.78, 5) is 27.6. The quantitative estimate of drug-likeness (QED) is 0.548. The Morgan fingerprint density at radius 1 is 1.00 bits per heavy atom. The predicted octanol–water partition coefficient (Wildman–Crippen LogP) is 3.54. The Morgan fingerprint density at radius 3 is 2.48 bits per heavy atom.